The molecule has 1 rings (SSSR count). The van der Waals surface area contributed by atoms with E-state index >= 15 is 0 Å². The average molecular weight is 270 g/mol. The summed E-state index contributed by atoms with van der Waals surface area (Å²) in [4.78, 5) is 22.9. The highest BCUT2D eigenvalue weighted by Gasteiger charge is 2.31. The van der Waals surface area contributed by atoms with Gasteiger partial charge in [0.25, 0.3) is 0 Å². The molecule has 0 aromatic heterocycles. The lowest BCUT2D eigenvalue weighted by atomic mass is 9.79. The Morgan fingerprint density at radius 1 is 1.21 bits per heavy atom. The first-order valence-electron chi connectivity index (χ1n) is 7.18. The Morgan fingerprint density at radius 2 is 1.84 bits per heavy atom. The largest absolute Gasteiger partial charge is 0.481 e. The van der Waals surface area contributed by atoms with E-state index in [2.05, 4.69) is 10.6 Å². The molecule has 0 aliphatic heterocycles. The third kappa shape index (κ3) is 5.19. The summed E-state index contributed by atoms with van der Waals surface area (Å²) in [5.74, 6) is -0.856. The smallest absolute Gasteiger partial charge is 0.306 e. The van der Waals surface area contributed by atoms with Crippen LogP contribution in [0.3, 0.4) is 0 Å². The number of carbonyl (C=O) groups is 2. The van der Waals surface area contributed by atoms with Gasteiger partial charge in [-0.3, -0.25) is 9.59 Å². The summed E-state index contributed by atoms with van der Waals surface area (Å²) in [6, 6.07) is -0.156. The van der Waals surface area contributed by atoms with E-state index in [1.54, 1.807) is 0 Å². The molecule has 1 saturated carbocycles. The van der Waals surface area contributed by atoms with Crippen LogP contribution in [0.25, 0.3) is 0 Å². The molecule has 19 heavy (non-hydrogen) atoms. The Bertz CT molecular complexity index is 318. The van der Waals surface area contributed by atoms with Crippen molar-refractivity contribution in [3.63, 3.8) is 0 Å². The first-order valence-corrected chi connectivity index (χ1v) is 7.18. The Hall–Kier alpha value is -1.10. The number of carboxylic acids is 1. The summed E-state index contributed by atoms with van der Waals surface area (Å²) >= 11 is 0. The van der Waals surface area contributed by atoms with Crippen LogP contribution in [0.2, 0.25) is 0 Å². The zero-order valence-corrected chi connectivity index (χ0v) is 12.1. The molecule has 1 aliphatic rings. The van der Waals surface area contributed by atoms with Gasteiger partial charge < -0.3 is 15.7 Å². The third-order valence-corrected chi connectivity index (χ3v) is 3.74. The lowest BCUT2D eigenvalue weighted by molar-refractivity contribution is -0.144. The van der Waals surface area contributed by atoms with Crippen molar-refractivity contribution < 1.29 is 14.7 Å². The second-order valence-corrected chi connectivity index (χ2v) is 5.78. The third-order valence-electron chi connectivity index (χ3n) is 3.74. The topological polar surface area (TPSA) is 78.4 Å². The molecule has 0 heterocycles. The zero-order valence-electron chi connectivity index (χ0n) is 12.1. The van der Waals surface area contributed by atoms with Crippen molar-refractivity contribution in [2.75, 3.05) is 6.54 Å². The molecule has 0 aromatic carbocycles. The SMILES string of the molecule is CC(C)NC(=O)C(C)NCC1CCCCC1C(=O)O. The van der Waals surface area contributed by atoms with Crippen LogP contribution in [0, 0.1) is 11.8 Å². The molecule has 1 fully saturated rings. The highest BCUT2D eigenvalue weighted by atomic mass is 16.4. The second-order valence-electron chi connectivity index (χ2n) is 5.78. The maximum absolute atomic E-state index is 11.8. The highest BCUT2D eigenvalue weighted by Crippen LogP contribution is 2.29. The van der Waals surface area contributed by atoms with Crippen molar-refractivity contribution in [2.45, 2.75) is 58.5 Å². The number of amides is 1. The van der Waals surface area contributed by atoms with Gasteiger partial charge >= 0.3 is 5.97 Å². The van der Waals surface area contributed by atoms with Crippen LogP contribution in [0.4, 0.5) is 0 Å². The minimum atomic E-state index is -0.703. The van der Waals surface area contributed by atoms with Crippen molar-refractivity contribution in [2.24, 2.45) is 11.8 Å². The van der Waals surface area contributed by atoms with Crippen molar-refractivity contribution in [3.05, 3.63) is 0 Å². The van der Waals surface area contributed by atoms with E-state index in [1.807, 2.05) is 20.8 Å². The molecule has 1 amide bonds. The molecule has 3 N–H and O–H groups in total. The van der Waals surface area contributed by atoms with Gasteiger partial charge in [0.15, 0.2) is 0 Å². The van der Waals surface area contributed by atoms with Gasteiger partial charge in [0.05, 0.1) is 12.0 Å². The van der Waals surface area contributed by atoms with Crippen LogP contribution < -0.4 is 10.6 Å². The number of carbonyl (C=O) groups excluding carboxylic acids is 1. The second kappa shape index (κ2) is 7.48. The van der Waals surface area contributed by atoms with Crippen molar-refractivity contribution in [1.29, 1.82) is 0 Å². The minimum absolute atomic E-state index is 0.0299. The number of carboxylic acid groups (broad SMARTS) is 1. The van der Waals surface area contributed by atoms with Gasteiger partial charge in [-0.05, 0) is 46.1 Å². The van der Waals surface area contributed by atoms with Gasteiger partial charge in [0.2, 0.25) is 5.91 Å². The first kappa shape index (κ1) is 16.0. The molecule has 0 aromatic rings. The predicted octanol–water partition coefficient (Wildman–Crippen LogP) is 1.38. The van der Waals surface area contributed by atoms with Gasteiger partial charge in [-0.2, -0.15) is 0 Å². The Kier molecular flexibility index (Phi) is 6.28. The normalized spacial score (nSPS) is 25.1. The van der Waals surface area contributed by atoms with Crippen molar-refractivity contribution >= 4 is 11.9 Å². The summed E-state index contributed by atoms with van der Waals surface area (Å²) in [6.07, 6.45) is 3.77. The molecule has 110 valence electrons. The van der Waals surface area contributed by atoms with E-state index in [1.165, 1.54) is 0 Å². The molecular weight excluding hydrogens is 244 g/mol. The Balaban J connectivity index is 2.41. The van der Waals surface area contributed by atoms with E-state index in [0.29, 0.717) is 6.54 Å². The molecule has 1 aliphatic carbocycles. The van der Waals surface area contributed by atoms with E-state index < -0.39 is 5.97 Å². The fourth-order valence-corrected chi connectivity index (χ4v) is 2.61. The van der Waals surface area contributed by atoms with E-state index in [9.17, 15) is 14.7 Å². The number of nitrogens with one attached hydrogen (secondary N) is 2. The lowest BCUT2D eigenvalue weighted by Crippen LogP contribution is -2.47. The molecule has 0 bridgehead atoms. The fraction of sp³-hybridized carbons (Fsp3) is 0.857. The molecule has 3 atom stereocenters. The Morgan fingerprint density at radius 3 is 2.42 bits per heavy atom. The summed E-state index contributed by atoms with van der Waals surface area (Å²) < 4.78 is 0. The summed E-state index contributed by atoms with van der Waals surface area (Å²) in [7, 11) is 0. The fourth-order valence-electron chi connectivity index (χ4n) is 2.61. The van der Waals surface area contributed by atoms with E-state index in [4.69, 9.17) is 0 Å². The zero-order chi connectivity index (χ0) is 14.4. The van der Waals surface area contributed by atoms with Crippen LogP contribution >= 0.6 is 0 Å². The van der Waals surface area contributed by atoms with Crippen molar-refractivity contribution in [3.8, 4) is 0 Å². The summed E-state index contributed by atoms with van der Waals surface area (Å²) in [5, 5.41) is 15.2. The average Bonchev–Trinajstić information content (AvgIpc) is 2.35. The van der Waals surface area contributed by atoms with E-state index in [-0.39, 0.29) is 29.8 Å². The Labute approximate surface area is 115 Å². The van der Waals surface area contributed by atoms with Crippen molar-refractivity contribution in [1.82, 2.24) is 10.6 Å². The molecule has 0 spiro atoms. The quantitative estimate of drug-likeness (QED) is 0.681. The number of hydrogen-bond donors (Lipinski definition) is 3. The maximum Gasteiger partial charge on any atom is 0.306 e. The van der Waals surface area contributed by atoms with Crippen LogP contribution in [-0.4, -0.2) is 35.6 Å². The molecule has 5 nitrogen and oxygen atoms in total. The molecule has 3 unspecified atom stereocenters. The van der Waals surface area contributed by atoms with Gasteiger partial charge in [-0.15, -0.1) is 0 Å². The van der Waals surface area contributed by atoms with Gasteiger partial charge in [0, 0.05) is 6.04 Å². The number of rotatable bonds is 6. The predicted molar refractivity (Wildman–Crippen MR) is 73.8 cm³/mol. The van der Waals surface area contributed by atoms with Gasteiger partial charge in [-0.1, -0.05) is 12.8 Å². The number of aliphatic carboxylic acids is 1. The van der Waals surface area contributed by atoms with Crippen LogP contribution in [0.5, 0.6) is 0 Å². The standard InChI is InChI=1S/C14H26N2O3/c1-9(2)16-13(17)10(3)15-8-11-6-4-5-7-12(11)14(18)19/h9-12,15H,4-8H2,1-3H3,(H,16,17)(H,18,19). The summed E-state index contributed by atoms with van der Waals surface area (Å²) in [6.45, 7) is 6.26. The summed E-state index contributed by atoms with van der Waals surface area (Å²) in [5.41, 5.74) is 0. The number of hydrogen-bond acceptors (Lipinski definition) is 3. The molecule has 5 heteroatoms. The first-order chi connectivity index (χ1) is 8.91. The highest BCUT2D eigenvalue weighted by molar-refractivity contribution is 5.81. The molecule has 0 radical (unpaired) electrons. The maximum atomic E-state index is 11.8. The van der Waals surface area contributed by atoms with Crippen LogP contribution in [-0.2, 0) is 9.59 Å². The van der Waals surface area contributed by atoms with Crippen LogP contribution in [0.1, 0.15) is 46.5 Å². The molecular formula is C14H26N2O3. The van der Waals surface area contributed by atoms with Gasteiger partial charge in [-0.25, -0.2) is 0 Å². The van der Waals surface area contributed by atoms with E-state index in [0.717, 1.165) is 25.7 Å². The van der Waals surface area contributed by atoms with Crippen LogP contribution in [0.15, 0.2) is 0 Å². The lowest BCUT2D eigenvalue weighted by Gasteiger charge is -2.29. The van der Waals surface area contributed by atoms with Gasteiger partial charge in [0.1, 0.15) is 0 Å². The minimum Gasteiger partial charge on any atom is -0.481 e. The molecule has 0 saturated heterocycles. The monoisotopic (exact) mass is 270 g/mol.